The maximum absolute atomic E-state index is 12.3. The predicted molar refractivity (Wildman–Crippen MR) is 101 cm³/mol. The average molecular weight is 391 g/mol. The molecule has 9 heteroatoms. The van der Waals surface area contributed by atoms with Gasteiger partial charge in [-0.15, -0.1) is 0 Å². The van der Waals surface area contributed by atoms with Crippen molar-refractivity contribution in [1.29, 1.82) is 0 Å². The van der Waals surface area contributed by atoms with Crippen molar-refractivity contribution in [3.8, 4) is 5.75 Å². The van der Waals surface area contributed by atoms with E-state index in [4.69, 9.17) is 9.47 Å². The van der Waals surface area contributed by atoms with Crippen molar-refractivity contribution < 1.29 is 28.7 Å². The Morgan fingerprint density at radius 2 is 1.89 bits per heavy atom. The maximum atomic E-state index is 12.3. The Labute approximate surface area is 163 Å². The fraction of sp³-hybridized carbons (Fsp3) is 0.474. The molecule has 0 bridgehead atoms. The highest BCUT2D eigenvalue weighted by Crippen LogP contribution is 2.33. The summed E-state index contributed by atoms with van der Waals surface area (Å²) in [4.78, 5) is 49.4. The first kappa shape index (κ1) is 21.2. The number of anilines is 1. The largest absolute Gasteiger partial charge is 0.495 e. The van der Waals surface area contributed by atoms with E-state index in [9.17, 15) is 19.2 Å². The zero-order valence-electron chi connectivity index (χ0n) is 16.4. The summed E-state index contributed by atoms with van der Waals surface area (Å²) in [7, 11) is 1.50. The number of nitrogens with zero attached hydrogens (tertiary/aromatic N) is 1. The molecule has 2 rings (SSSR count). The number of ether oxygens (including phenoxy) is 2. The molecule has 1 aliphatic rings. The number of carbonyl (C=O) groups excluding carboxylic acids is 4. The van der Waals surface area contributed by atoms with E-state index >= 15 is 0 Å². The van der Waals surface area contributed by atoms with E-state index in [1.54, 1.807) is 45.0 Å². The van der Waals surface area contributed by atoms with E-state index in [0.717, 1.165) is 0 Å². The number of urea groups is 1. The molecule has 9 nitrogen and oxygen atoms in total. The molecule has 1 fully saturated rings. The standard InChI is InChI=1S/C19H25N3O6/c1-19(2,3)21-18(26)20-15(23)11-28-17(25)12-9-16(24)22(10-12)13-7-5-6-8-14(13)27-4/h5-8,12H,9-11H2,1-4H3,(H2,20,21,23,26). The number of rotatable bonds is 5. The third kappa shape index (κ3) is 5.70. The number of amides is 4. The van der Waals surface area contributed by atoms with Crippen LogP contribution in [0.2, 0.25) is 0 Å². The number of methoxy groups -OCH3 is 1. The minimum Gasteiger partial charge on any atom is -0.495 e. The summed E-state index contributed by atoms with van der Waals surface area (Å²) in [5, 5.41) is 4.64. The molecule has 0 aromatic heterocycles. The summed E-state index contributed by atoms with van der Waals surface area (Å²) in [5.74, 6) is -1.83. The van der Waals surface area contributed by atoms with E-state index in [0.29, 0.717) is 11.4 Å². The molecule has 0 aliphatic carbocycles. The van der Waals surface area contributed by atoms with E-state index in [1.807, 2.05) is 0 Å². The second-order valence-corrected chi connectivity index (χ2v) is 7.44. The van der Waals surface area contributed by atoms with Crippen molar-refractivity contribution in [2.24, 2.45) is 5.92 Å². The van der Waals surface area contributed by atoms with Crippen LogP contribution >= 0.6 is 0 Å². The lowest BCUT2D eigenvalue weighted by Crippen LogP contribution is -2.49. The normalized spacial score (nSPS) is 16.5. The Kier molecular flexibility index (Phi) is 6.61. The van der Waals surface area contributed by atoms with Gasteiger partial charge in [0.2, 0.25) is 5.91 Å². The molecule has 28 heavy (non-hydrogen) atoms. The van der Waals surface area contributed by atoms with Crippen LogP contribution in [0.5, 0.6) is 5.75 Å². The molecule has 1 atom stereocenters. The maximum Gasteiger partial charge on any atom is 0.321 e. The van der Waals surface area contributed by atoms with Gasteiger partial charge in [0.1, 0.15) is 5.75 Å². The Morgan fingerprint density at radius 1 is 1.21 bits per heavy atom. The van der Waals surface area contributed by atoms with Crippen molar-refractivity contribution in [3.63, 3.8) is 0 Å². The van der Waals surface area contributed by atoms with Crippen LogP contribution in [-0.4, -0.2) is 49.6 Å². The molecule has 0 spiro atoms. The second-order valence-electron chi connectivity index (χ2n) is 7.44. The van der Waals surface area contributed by atoms with Crippen LogP contribution in [0.1, 0.15) is 27.2 Å². The average Bonchev–Trinajstić information content (AvgIpc) is 2.99. The molecule has 1 saturated heterocycles. The lowest BCUT2D eigenvalue weighted by atomic mass is 10.1. The summed E-state index contributed by atoms with van der Waals surface area (Å²) in [6.45, 7) is 4.82. The third-order valence-corrected chi connectivity index (χ3v) is 3.92. The van der Waals surface area contributed by atoms with Crippen LogP contribution in [0.15, 0.2) is 24.3 Å². The number of nitrogens with one attached hydrogen (secondary N) is 2. The smallest absolute Gasteiger partial charge is 0.321 e. The van der Waals surface area contributed by atoms with E-state index in [2.05, 4.69) is 10.6 Å². The minimum absolute atomic E-state index is 0.0248. The molecular weight excluding hydrogens is 366 g/mol. The lowest BCUT2D eigenvalue weighted by Gasteiger charge is -2.20. The number of para-hydroxylation sites is 2. The van der Waals surface area contributed by atoms with Gasteiger partial charge in [0.15, 0.2) is 6.61 Å². The Morgan fingerprint density at radius 3 is 2.54 bits per heavy atom. The molecule has 1 aromatic carbocycles. The van der Waals surface area contributed by atoms with E-state index in [1.165, 1.54) is 12.0 Å². The zero-order valence-corrected chi connectivity index (χ0v) is 16.4. The molecule has 2 N–H and O–H groups in total. The van der Waals surface area contributed by atoms with Crippen molar-refractivity contribution in [1.82, 2.24) is 10.6 Å². The van der Waals surface area contributed by atoms with Crippen LogP contribution in [0.3, 0.4) is 0 Å². The van der Waals surface area contributed by atoms with Crippen LogP contribution in [0.4, 0.5) is 10.5 Å². The molecule has 4 amide bonds. The molecule has 0 radical (unpaired) electrons. The fourth-order valence-electron chi connectivity index (χ4n) is 2.74. The lowest BCUT2D eigenvalue weighted by molar-refractivity contribution is -0.152. The van der Waals surface area contributed by atoms with Crippen molar-refractivity contribution in [3.05, 3.63) is 24.3 Å². The summed E-state index contributed by atoms with van der Waals surface area (Å²) < 4.78 is 10.2. The molecule has 1 unspecified atom stereocenters. The minimum atomic E-state index is -0.749. The number of hydrogen-bond acceptors (Lipinski definition) is 6. The van der Waals surface area contributed by atoms with Crippen LogP contribution in [0, 0.1) is 5.92 Å². The summed E-state index contributed by atoms with van der Waals surface area (Å²) in [6.07, 6.45) is -0.0248. The molecule has 1 aliphatic heterocycles. The Hall–Kier alpha value is -3.10. The van der Waals surface area contributed by atoms with Crippen LogP contribution in [-0.2, 0) is 19.1 Å². The molecule has 152 valence electrons. The SMILES string of the molecule is COc1ccccc1N1CC(C(=O)OCC(=O)NC(=O)NC(C)(C)C)CC1=O. The topological polar surface area (TPSA) is 114 Å². The van der Waals surface area contributed by atoms with Crippen molar-refractivity contribution >= 4 is 29.5 Å². The number of esters is 1. The first-order valence-electron chi connectivity index (χ1n) is 8.82. The highest BCUT2D eigenvalue weighted by molar-refractivity contribution is 6.01. The van der Waals surface area contributed by atoms with Gasteiger partial charge in [0.25, 0.3) is 5.91 Å². The quantitative estimate of drug-likeness (QED) is 0.730. The monoisotopic (exact) mass is 391 g/mol. The third-order valence-electron chi connectivity index (χ3n) is 3.92. The van der Waals surface area contributed by atoms with Gasteiger partial charge in [-0.2, -0.15) is 0 Å². The molecule has 0 saturated carbocycles. The molecule has 1 aromatic rings. The van der Waals surface area contributed by atoms with Gasteiger partial charge in [0.05, 0.1) is 18.7 Å². The summed E-state index contributed by atoms with van der Waals surface area (Å²) in [6, 6.07) is 6.33. The first-order chi connectivity index (χ1) is 13.1. The van der Waals surface area contributed by atoms with Crippen LogP contribution < -0.4 is 20.3 Å². The van der Waals surface area contributed by atoms with Gasteiger partial charge in [0, 0.05) is 18.5 Å². The van der Waals surface area contributed by atoms with Gasteiger partial charge in [-0.3, -0.25) is 19.7 Å². The first-order valence-corrected chi connectivity index (χ1v) is 8.82. The Balaban J connectivity index is 1.88. The van der Waals surface area contributed by atoms with E-state index in [-0.39, 0.29) is 18.9 Å². The predicted octanol–water partition coefficient (Wildman–Crippen LogP) is 1.22. The van der Waals surface area contributed by atoms with Gasteiger partial charge in [-0.1, -0.05) is 12.1 Å². The van der Waals surface area contributed by atoms with Gasteiger partial charge >= 0.3 is 12.0 Å². The number of hydrogen-bond donors (Lipinski definition) is 2. The zero-order chi connectivity index (χ0) is 20.9. The number of carbonyl (C=O) groups is 4. The van der Waals surface area contributed by atoms with Gasteiger partial charge in [-0.25, -0.2) is 4.79 Å². The number of imide groups is 1. The number of benzene rings is 1. The molecule has 1 heterocycles. The van der Waals surface area contributed by atoms with Gasteiger partial charge < -0.3 is 19.7 Å². The van der Waals surface area contributed by atoms with Crippen molar-refractivity contribution in [2.45, 2.75) is 32.7 Å². The van der Waals surface area contributed by atoms with Gasteiger partial charge in [-0.05, 0) is 32.9 Å². The molecular formula is C19H25N3O6. The van der Waals surface area contributed by atoms with Crippen LogP contribution in [0.25, 0.3) is 0 Å². The Bertz CT molecular complexity index is 771. The second kappa shape index (κ2) is 8.73. The highest BCUT2D eigenvalue weighted by Gasteiger charge is 2.37. The summed E-state index contributed by atoms with van der Waals surface area (Å²) in [5.41, 5.74) is 0.0645. The summed E-state index contributed by atoms with van der Waals surface area (Å²) >= 11 is 0. The van der Waals surface area contributed by atoms with E-state index < -0.39 is 36.0 Å². The highest BCUT2D eigenvalue weighted by atomic mass is 16.5. The van der Waals surface area contributed by atoms with Crippen molar-refractivity contribution in [2.75, 3.05) is 25.2 Å². The fourth-order valence-corrected chi connectivity index (χ4v) is 2.74.